The minimum absolute atomic E-state index is 0.0347. The van der Waals surface area contributed by atoms with Gasteiger partial charge in [0.05, 0.1) is 0 Å². The van der Waals surface area contributed by atoms with Crippen molar-refractivity contribution in [3.63, 3.8) is 0 Å². The largest absolute Gasteiger partial charge is 0.480 e. The van der Waals surface area contributed by atoms with Crippen molar-refractivity contribution >= 4 is 23.3 Å². The first kappa shape index (κ1) is 11.6. The predicted octanol–water partition coefficient (Wildman–Crippen LogP) is 3.04. The molecule has 0 aromatic heterocycles. The molecule has 0 saturated carbocycles. The number of aliphatic carboxylic acids is 1. The highest BCUT2D eigenvalue weighted by atomic mass is 35.5. The fourth-order valence-electron chi connectivity index (χ4n) is 0.761. The van der Waals surface area contributed by atoms with Crippen LogP contribution in [-0.4, -0.2) is 17.1 Å². The Balaban J connectivity index is 2.85. The second-order valence-corrected chi connectivity index (χ2v) is 3.26. The maximum atomic E-state index is 13.1. The Morgan fingerprint density at radius 1 is 1.60 bits per heavy atom. The summed E-state index contributed by atoms with van der Waals surface area (Å²) in [5.41, 5.74) is -0.0347. The van der Waals surface area contributed by atoms with Crippen LogP contribution in [0.2, 0.25) is 5.02 Å². The van der Waals surface area contributed by atoms with E-state index >= 15 is 0 Å². The van der Waals surface area contributed by atoms with Crippen molar-refractivity contribution in [3.05, 3.63) is 29.0 Å². The minimum atomic E-state index is -1.12. The van der Waals surface area contributed by atoms with Crippen molar-refractivity contribution in [2.45, 2.75) is 13.0 Å². The van der Waals surface area contributed by atoms with Crippen molar-refractivity contribution in [2.75, 3.05) is 0 Å². The molecule has 0 aliphatic rings. The van der Waals surface area contributed by atoms with Gasteiger partial charge in [-0.15, -0.1) is 0 Å². The van der Waals surface area contributed by atoms with Gasteiger partial charge in [-0.25, -0.2) is 9.18 Å². The molecule has 0 heterocycles. The topological polar surface area (TPSA) is 62.0 Å². The Kier molecular flexibility index (Phi) is 3.74. The van der Waals surface area contributed by atoms with Crippen molar-refractivity contribution < 1.29 is 14.3 Å². The number of hydrogen-bond acceptors (Lipinski definition) is 3. The first-order chi connectivity index (χ1) is 7.00. The van der Waals surface area contributed by atoms with E-state index in [-0.39, 0.29) is 10.7 Å². The predicted molar refractivity (Wildman–Crippen MR) is 53.0 cm³/mol. The molecule has 6 heteroatoms. The fraction of sp³-hybridized carbons (Fsp3) is 0.222. The number of carbonyl (C=O) groups is 1. The van der Waals surface area contributed by atoms with Gasteiger partial charge >= 0.3 is 5.97 Å². The smallest absolute Gasteiger partial charge is 0.330 e. The zero-order valence-corrected chi connectivity index (χ0v) is 8.57. The Morgan fingerprint density at radius 2 is 2.27 bits per heavy atom. The zero-order valence-electron chi connectivity index (χ0n) is 7.82. The third kappa shape index (κ3) is 3.28. The van der Waals surface area contributed by atoms with E-state index in [1.165, 1.54) is 19.1 Å². The van der Waals surface area contributed by atoms with Crippen molar-refractivity contribution in [3.8, 4) is 0 Å². The SMILES string of the molecule is CC(N=Nc1ccc(Cl)cc1F)C(=O)O. The summed E-state index contributed by atoms with van der Waals surface area (Å²) in [7, 11) is 0. The Morgan fingerprint density at radius 3 is 2.80 bits per heavy atom. The molecule has 0 aliphatic heterocycles. The highest BCUT2D eigenvalue weighted by Gasteiger charge is 2.09. The molecule has 0 saturated heterocycles. The molecule has 80 valence electrons. The molecule has 0 spiro atoms. The molecule has 4 nitrogen and oxygen atoms in total. The van der Waals surface area contributed by atoms with Gasteiger partial charge in [-0.1, -0.05) is 11.6 Å². The molecule has 1 atom stereocenters. The maximum Gasteiger partial charge on any atom is 0.330 e. The van der Waals surface area contributed by atoms with E-state index in [0.29, 0.717) is 0 Å². The van der Waals surface area contributed by atoms with E-state index in [2.05, 4.69) is 10.2 Å². The molecule has 0 aliphatic carbocycles. The highest BCUT2D eigenvalue weighted by Crippen LogP contribution is 2.22. The lowest BCUT2D eigenvalue weighted by Gasteiger charge is -1.98. The van der Waals surface area contributed by atoms with Crippen LogP contribution in [0, 0.1) is 5.82 Å². The quantitative estimate of drug-likeness (QED) is 0.812. The number of carboxylic acids is 1. The Hall–Kier alpha value is -1.49. The van der Waals surface area contributed by atoms with E-state index in [0.717, 1.165) is 6.07 Å². The van der Waals surface area contributed by atoms with E-state index < -0.39 is 17.8 Å². The summed E-state index contributed by atoms with van der Waals surface area (Å²) in [6.45, 7) is 1.35. The summed E-state index contributed by atoms with van der Waals surface area (Å²) >= 11 is 5.52. The monoisotopic (exact) mass is 230 g/mol. The van der Waals surface area contributed by atoms with Crippen LogP contribution in [0.4, 0.5) is 10.1 Å². The minimum Gasteiger partial charge on any atom is -0.480 e. The zero-order chi connectivity index (χ0) is 11.4. The first-order valence-corrected chi connectivity index (χ1v) is 4.47. The number of rotatable bonds is 3. The van der Waals surface area contributed by atoms with Crippen LogP contribution in [0.3, 0.4) is 0 Å². The third-order valence-electron chi connectivity index (χ3n) is 1.61. The number of benzene rings is 1. The van der Waals surface area contributed by atoms with Crippen molar-refractivity contribution in [1.29, 1.82) is 0 Å². The van der Waals surface area contributed by atoms with Gasteiger partial charge in [0.2, 0.25) is 0 Å². The van der Waals surface area contributed by atoms with Crippen LogP contribution in [0.5, 0.6) is 0 Å². The number of nitrogens with zero attached hydrogens (tertiary/aromatic N) is 2. The highest BCUT2D eigenvalue weighted by molar-refractivity contribution is 6.30. The van der Waals surface area contributed by atoms with E-state index in [9.17, 15) is 9.18 Å². The Labute approximate surface area is 90.4 Å². The lowest BCUT2D eigenvalue weighted by Crippen LogP contribution is -2.11. The molecule has 0 fully saturated rings. The van der Waals surface area contributed by atoms with Gasteiger partial charge in [0, 0.05) is 5.02 Å². The number of hydrogen-bond donors (Lipinski definition) is 1. The second-order valence-electron chi connectivity index (χ2n) is 2.83. The lowest BCUT2D eigenvalue weighted by molar-refractivity contribution is -0.138. The first-order valence-electron chi connectivity index (χ1n) is 4.09. The van der Waals surface area contributed by atoms with Crippen LogP contribution < -0.4 is 0 Å². The van der Waals surface area contributed by atoms with E-state index in [1.807, 2.05) is 0 Å². The second kappa shape index (κ2) is 4.84. The molecular formula is C9H8ClFN2O2. The molecule has 0 bridgehead atoms. The molecule has 1 aromatic carbocycles. The number of carboxylic acid groups (broad SMARTS) is 1. The molecule has 1 N–H and O–H groups in total. The molecule has 1 aromatic rings. The third-order valence-corrected chi connectivity index (χ3v) is 1.84. The van der Waals surface area contributed by atoms with Crippen molar-refractivity contribution in [1.82, 2.24) is 0 Å². The van der Waals surface area contributed by atoms with Crippen LogP contribution in [-0.2, 0) is 4.79 Å². The summed E-state index contributed by atoms with van der Waals surface area (Å²) in [5, 5.41) is 15.7. The molecule has 1 rings (SSSR count). The average Bonchev–Trinajstić information content (AvgIpc) is 2.15. The molecule has 0 amide bonds. The van der Waals surface area contributed by atoms with Gasteiger partial charge in [0.25, 0.3) is 0 Å². The van der Waals surface area contributed by atoms with E-state index in [1.54, 1.807) is 0 Å². The van der Waals surface area contributed by atoms with Crippen LogP contribution in [0.15, 0.2) is 28.4 Å². The van der Waals surface area contributed by atoms with Gasteiger partial charge in [0.1, 0.15) is 5.69 Å². The van der Waals surface area contributed by atoms with Crippen LogP contribution in [0.1, 0.15) is 6.92 Å². The fourth-order valence-corrected chi connectivity index (χ4v) is 0.919. The van der Waals surface area contributed by atoms with Gasteiger partial charge in [0.15, 0.2) is 11.9 Å². The lowest BCUT2D eigenvalue weighted by atomic mass is 10.3. The van der Waals surface area contributed by atoms with Gasteiger partial charge in [-0.2, -0.15) is 10.2 Å². The van der Waals surface area contributed by atoms with Gasteiger partial charge in [-0.05, 0) is 25.1 Å². The van der Waals surface area contributed by atoms with E-state index in [4.69, 9.17) is 16.7 Å². The van der Waals surface area contributed by atoms with Gasteiger partial charge in [-0.3, -0.25) is 0 Å². The van der Waals surface area contributed by atoms with Crippen molar-refractivity contribution in [2.24, 2.45) is 10.2 Å². The Bertz CT molecular complexity index is 409. The van der Waals surface area contributed by atoms with Crippen LogP contribution in [0.25, 0.3) is 0 Å². The molecule has 1 unspecified atom stereocenters. The summed E-state index contributed by atoms with van der Waals surface area (Å²) in [4.78, 5) is 10.4. The molecule has 15 heavy (non-hydrogen) atoms. The summed E-state index contributed by atoms with van der Waals surface area (Å²) in [6, 6.07) is 2.86. The standard InChI is InChI=1S/C9H8ClFN2O2/c1-5(9(14)15)12-13-8-3-2-6(10)4-7(8)11/h2-5H,1H3,(H,14,15). The summed E-state index contributed by atoms with van der Waals surface area (Å²) in [6.07, 6.45) is 0. The normalized spacial score (nSPS) is 13.0. The molecule has 0 radical (unpaired) electrons. The molecular weight excluding hydrogens is 223 g/mol. The number of halogens is 2. The number of azo groups is 1. The summed E-state index contributed by atoms with van der Waals surface area (Å²) < 4.78 is 13.1. The van der Waals surface area contributed by atoms with Crippen LogP contribution >= 0.6 is 11.6 Å². The van der Waals surface area contributed by atoms with Gasteiger partial charge < -0.3 is 5.11 Å². The average molecular weight is 231 g/mol. The maximum absolute atomic E-state index is 13.1. The summed E-state index contributed by atoms with van der Waals surface area (Å²) in [5.74, 6) is -1.75.